The third-order valence-electron chi connectivity index (χ3n) is 3.34. The SMILES string of the molecule is COC(c1ccccc1)(c1ccccc1)[C@H](O)C(=O)[O-].[NH4+]. The van der Waals surface area contributed by atoms with E-state index in [-0.39, 0.29) is 6.15 Å². The summed E-state index contributed by atoms with van der Waals surface area (Å²) >= 11 is 0. The van der Waals surface area contributed by atoms with Crippen molar-refractivity contribution in [3.63, 3.8) is 0 Å². The van der Waals surface area contributed by atoms with Gasteiger partial charge in [0, 0.05) is 7.11 Å². The molecule has 0 saturated heterocycles. The minimum atomic E-state index is -1.82. The fourth-order valence-corrected chi connectivity index (χ4v) is 2.37. The first kappa shape index (κ1) is 16.8. The Morgan fingerprint density at radius 2 is 1.43 bits per heavy atom. The van der Waals surface area contributed by atoms with Crippen molar-refractivity contribution in [3.05, 3.63) is 71.8 Å². The molecule has 0 spiro atoms. The third kappa shape index (κ3) is 2.95. The Kier molecular flexibility index (Phi) is 5.60. The predicted molar refractivity (Wildman–Crippen MR) is 77.7 cm³/mol. The van der Waals surface area contributed by atoms with Crippen LogP contribution in [0.15, 0.2) is 60.7 Å². The van der Waals surface area contributed by atoms with Crippen molar-refractivity contribution in [3.8, 4) is 0 Å². The first-order valence-electron chi connectivity index (χ1n) is 6.18. The van der Waals surface area contributed by atoms with Gasteiger partial charge in [0.25, 0.3) is 0 Å². The first-order valence-corrected chi connectivity index (χ1v) is 6.18. The maximum absolute atomic E-state index is 11.2. The van der Waals surface area contributed by atoms with Gasteiger partial charge in [-0.3, -0.25) is 0 Å². The standard InChI is InChI=1S/C16H16O4.H3N/c1-20-16(14(17)15(18)19,12-8-4-2-5-9-12)13-10-6-3-7-11-13;/h2-11,14,17H,1H3,(H,18,19);1H3/t14-;/m1./s1. The van der Waals surface area contributed by atoms with Crippen LogP contribution in [-0.4, -0.2) is 24.3 Å². The summed E-state index contributed by atoms with van der Waals surface area (Å²) in [7, 11) is 1.37. The zero-order valence-electron chi connectivity index (χ0n) is 12.0. The molecule has 0 radical (unpaired) electrons. The van der Waals surface area contributed by atoms with Crippen molar-refractivity contribution in [2.75, 3.05) is 7.11 Å². The number of aliphatic carboxylic acids is 1. The highest BCUT2D eigenvalue weighted by molar-refractivity contribution is 5.73. The number of carbonyl (C=O) groups excluding carboxylic acids is 1. The monoisotopic (exact) mass is 289 g/mol. The van der Waals surface area contributed by atoms with E-state index in [0.29, 0.717) is 11.1 Å². The molecular weight excluding hydrogens is 270 g/mol. The summed E-state index contributed by atoms with van der Waals surface area (Å²) in [5.74, 6) is -1.58. The average molecular weight is 289 g/mol. The molecule has 1 atom stereocenters. The van der Waals surface area contributed by atoms with Crippen LogP contribution in [0.1, 0.15) is 11.1 Å². The minimum Gasteiger partial charge on any atom is -0.547 e. The van der Waals surface area contributed by atoms with Gasteiger partial charge in [-0.25, -0.2) is 0 Å². The molecule has 0 saturated carbocycles. The van der Waals surface area contributed by atoms with E-state index in [9.17, 15) is 15.0 Å². The molecule has 0 aliphatic rings. The summed E-state index contributed by atoms with van der Waals surface area (Å²) < 4.78 is 5.46. The second-order valence-electron chi connectivity index (χ2n) is 4.39. The molecular formula is C16H19NO4. The Morgan fingerprint density at radius 1 is 1.05 bits per heavy atom. The van der Waals surface area contributed by atoms with Crippen molar-refractivity contribution in [1.82, 2.24) is 6.15 Å². The number of carboxylic acids is 1. The molecule has 2 aromatic rings. The topological polar surface area (TPSA) is 106 Å². The maximum atomic E-state index is 11.2. The van der Waals surface area contributed by atoms with Crippen LogP contribution in [0, 0.1) is 0 Å². The van der Waals surface area contributed by atoms with Gasteiger partial charge in [-0.2, -0.15) is 0 Å². The third-order valence-corrected chi connectivity index (χ3v) is 3.34. The fourth-order valence-electron chi connectivity index (χ4n) is 2.37. The second kappa shape index (κ2) is 6.99. The smallest absolute Gasteiger partial charge is 0.149 e. The lowest BCUT2D eigenvalue weighted by Gasteiger charge is -2.38. The molecule has 0 bridgehead atoms. The van der Waals surface area contributed by atoms with Crippen LogP contribution < -0.4 is 11.3 Å². The van der Waals surface area contributed by atoms with E-state index in [1.54, 1.807) is 60.7 Å². The summed E-state index contributed by atoms with van der Waals surface area (Å²) in [6.07, 6.45) is -1.82. The van der Waals surface area contributed by atoms with Crippen molar-refractivity contribution in [2.45, 2.75) is 11.7 Å². The van der Waals surface area contributed by atoms with E-state index in [4.69, 9.17) is 4.74 Å². The largest absolute Gasteiger partial charge is 0.547 e. The number of quaternary nitrogens is 1. The van der Waals surface area contributed by atoms with Gasteiger partial charge in [-0.15, -0.1) is 0 Å². The molecule has 21 heavy (non-hydrogen) atoms. The lowest BCUT2D eigenvalue weighted by Crippen LogP contribution is -2.52. The highest BCUT2D eigenvalue weighted by Gasteiger charge is 2.42. The lowest BCUT2D eigenvalue weighted by molar-refractivity contribution is -0.322. The minimum absolute atomic E-state index is 0. The molecule has 2 aromatic carbocycles. The van der Waals surface area contributed by atoms with Crippen molar-refractivity contribution in [2.24, 2.45) is 0 Å². The summed E-state index contributed by atoms with van der Waals surface area (Å²) in [5.41, 5.74) is -0.405. The van der Waals surface area contributed by atoms with Gasteiger partial charge in [0.1, 0.15) is 11.7 Å². The van der Waals surface area contributed by atoms with E-state index in [2.05, 4.69) is 0 Å². The van der Waals surface area contributed by atoms with Crippen LogP contribution in [0.3, 0.4) is 0 Å². The number of carboxylic acid groups (broad SMARTS) is 1. The van der Waals surface area contributed by atoms with Crippen molar-refractivity contribution < 1.29 is 19.7 Å². The van der Waals surface area contributed by atoms with Crippen LogP contribution in [0.4, 0.5) is 0 Å². The average Bonchev–Trinajstić information content (AvgIpc) is 2.50. The highest BCUT2D eigenvalue weighted by Crippen LogP contribution is 2.36. The zero-order valence-corrected chi connectivity index (χ0v) is 12.0. The molecule has 0 amide bonds. The van der Waals surface area contributed by atoms with Gasteiger partial charge in [0.05, 0.1) is 5.97 Å². The van der Waals surface area contributed by atoms with Gasteiger partial charge in [-0.05, 0) is 11.1 Å². The number of ether oxygens (including phenoxy) is 1. The molecule has 0 aliphatic heterocycles. The Morgan fingerprint density at radius 3 is 1.71 bits per heavy atom. The highest BCUT2D eigenvalue weighted by atomic mass is 16.5. The Labute approximate surface area is 123 Å². The zero-order chi connectivity index (χ0) is 14.6. The molecule has 5 nitrogen and oxygen atoms in total. The van der Waals surface area contributed by atoms with Crippen molar-refractivity contribution in [1.29, 1.82) is 0 Å². The number of methoxy groups -OCH3 is 1. The second-order valence-corrected chi connectivity index (χ2v) is 4.39. The lowest BCUT2D eigenvalue weighted by atomic mass is 9.81. The quantitative estimate of drug-likeness (QED) is 0.858. The number of aliphatic hydroxyl groups excluding tert-OH is 1. The number of hydrogen-bond donors (Lipinski definition) is 2. The number of carbonyl (C=O) groups is 1. The molecule has 0 aromatic heterocycles. The van der Waals surface area contributed by atoms with Crippen LogP contribution in [0.2, 0.25) is 0 Å². The van der Waals surface area contributed by atoms with Crippen LogP contribution in [0.5, 0.6) is 0 Å². The Bertz CT molecular complexity index is 532. The van der Waals surface area contributed by atoms with E-state index >= 15 is 0 Å². The van der Waals surface area contributed by atoms with Crippen LogP contribution >= 0.6 is 0 Å². The normalized spacial score (nSPS) is 12.3. The van der Waals surface area contributed by atoms with Crippen LogP contribution in [0.25, 0.3) is 0 Å². The Balaban J connectivity index is 0.00000220. The maximum Gasteiger partial charge on any atom is 0.149 e. The number of benzene rings is 2. The number of rotatable bonds is 5. The molecule has 0 aliphatic carbocycles. The number of hydrogen-bond acceptors (Lipinski definition) is 4. The summed E-state index contributed by atoms with van der Waals surface area (Å²) in [4.78, 5) is 11.2. The molecule has 5 N–H and O–H groups in total. The van der Waals surface area contributed by atoms with Gasteiger partial charge < -0.3 is 25.9 Å². The molecule has 2 rings (SSSR count). The molecule has 0 fully saturated rings. The molecule has 0 heterocycles. The van der Waals surface area contributed by atoms with E-state index in [1.807, 2.05) is 0 Å². The van der Waals surface area contributed by atoms with Gasteiger partial charge in [0.15, 0.2) is 0 Å². The van der Waals surface area contributed by atoms with Gasteiger partial charge >= 0.3 is 0 Å². The molecule has 5 heteroatoms. The first-order chi connectivity index (χ1) is 9.63. The Hall–Kier alpha value is -2.21. The summed E-state index contributed by atoms with van der Waals surface area (Å²) in [5, 5.41) is 21.4. The van der Waals surface area contributed by atoms with Crippen LogP contribution in [-0.2, 0) is 15.1 Å². The van der Waals surface area contributed by atoms with Crippen molar-refractivity contribution >= 4 is 5.97 Å². The molecule has 0 unspecified atom stereocenters. The van der Waals surface area contributed by atoms with Gasteiger partial charge in [-0.1, -0.05) is 60.7 Å². The van der Waals surface area contributed by atoms with E-state index in [0.717, 1.165) is 0 Å². The molecule has 112 valence electrons. The van der Waals surface area contributed by atoms with Gasteiger partial charge in [0.2, 0.25) is 0 Å². The number of aliphatic hydroxyl groups is 1. The summed E-state index contributed by atoms with van der Waals surface area (Å²) in [6, 6.07) is 17.5. The predicted octanol–water partition coefficient (Wildman–Crippen LogP) is 1.06. The van der Waals surface area contributed by atoms with E-state index < -0.39 is 17.7 Å². The fraction of sp³-hybridized carbons (Fsp3) is 0.188. The van der Waals surface area contributed by atoms with E-state index in [1.165, 1.54) is 7.11 Å². The summed E-state index contributed by atoms with van der Waals surface area (Å²) in [6.45, 7) is 0.